The van der Waals surface area contributed by atoms with E-state index in [-0.39, 0.29) is 0 Å². The van der Waals surface area contributed by atoms with Crippen LogP contribution >= 0.6 is 22.9 Å². The molecule has 3 nitrogen and oxygen atoms in total. The van der Waals surface area contributed by atoms with Crippen molar-refractivity contribution in [1.29, 1.82) is 0 Å². The molecule has 0 radical (unpaired) electrons. The molecule has 2 aromatic carbocycles. The lowest BCUT2D eigenvalue weighted by molar-refractivity contribution is 1.37. The van der Waals surface area contributed by atoms with Crippen LogP contribution in [0.2, 0.25) is 5.02 Å². The van der Waals surface area contributed by atoms with Crippen molar-refractivity contribution in [2.24, 2.45) is 0 Å². The number of fused-ring (bicyclic) bond motifs is 1. The van der Waals surface area contributed by atoms with Gasteiger partial charge in [-0.05, 0) is 49.2 Å². The first-order valence-corrected chi connectivity index (χ1v) is 7.42. The van der Waals surface area contributed by atoms with Crippen LogP contribution in [0.5, 0.6) is 0 Å². The van der Waals surface area contributed by atoms with E-state index in [1.807, 2.05) is 12.1 Å². The maximum atomic E-state index is 6.17. The standard InChI is InChI=1S/C15H14ClN3S/c1-8-5-9(2)14-13(6-8)20-15(19-14)18-12-4-3-10(17)7-11(12)16/h3-7H,17H2,1-2H3,(H,18,19). The van der Waals surface area contributed by atoms with Gasteiger partial charge in [-0.2, -0.15) is 0 Å². The molecule has 0 unspecified atom stereocenters. The zero-order chi connectivity index (χ0) is 14.3. The zero-order valence-corrected chi connectivity index (χ0v) is 12.8. The number of halogens is 1. The summed E-state index contributed by atoms with van der Waals surface area (Å²) in [5, 5.41) is 4.68. The van der Waals surface area contributed by atoms with Crippen molar-refractivity contribution in [2.75, 3.05) is 11.1 Å². The molecule has 0 aliphatic carbocycles. The number of aryl methyl sites for hydroxylation is 2. The highest BCUT2D eigenvalue weighted by molar-refractivity contribution is 7.22. The Morgan fingerprint density at radius 1 is 1.20 bits per heavy atom. The highest BCUT2D eigenvalue weighted by Gasteiger charge is 2.08. The quantitative estimate of drug-likeness (QED) is 0.663. The third-order valence-corrected chi connectivity index (χ3v) is 4.30. The molecule has 0 aliphatic heterocycles. The molecule has 0 fully saturated rings. The number of hydrogen-bond acceptors (Lipinski definition) is 4. The molecule has 0 saturated carbocycles. The first kappa shape index (κ1) is 13.2. The van der Waals surface area contributed by atoms with Crippen LogP contribution in [0.15, 0.2) is 30.3 Å². The van der Waals surface area contributed by atoms with E-state index in [0.717, 1.165) is 16.3 Å². The minimum Gasteiger partial charge on any atom is -0.399 e. The Bertz CT molecular complexity index is 795. The minimum atomic E-state index is 0.595. The van der Waals surface area contributed by atoms with Crippen LogP contribution in [0.4, 0.5) is 16.5 Å². The highest BCUT2D eigenvalue weighted by Crippen LogP contribution is 2.33. The highest BCUT2D eigenvalue weighted by atomic mass is 35.5. The number of thiazole rings is 1. The summed E-state index contributed by atoms with van der Waals surface area (Å²) in [5.41, 5.74) is 10.6. The molecule has 0 spiro atoms. The van der Waals surface area contributed by atoms with Crippen molar-refractivity contribution in [1.82, 2.24) is 4.98 Å². The maximum Gasteiger partial charge on any atom is 0.188 e. The minimum absolute atomic E-state index is 0.595. The summed E-state index contributed by atoms with van der Waals surface area (Å²) in [6.07, 6.45) is 0. The summed E-state index contributed by atoms with van der Waals surface area (Å²) in [4.78, 5) is 4.63. The molecule has 5 heteroatoms. The van der Waals surface area contributed by atoms with E-state index in [4.69, 9.17) is 17.3 Å². The third kappa shape index (κ3) is 2.44. The fraction of sp³-hybridized carbons (Fsp3) is 0.133. The molecule has 0 bridgehead atoms. The van der Waals surface area contributed by atoms with Crippen LogP contribution in [0.3, 0.4) is 0 Å². The predicted molar refractivity (Wildman–Crippen MR) is 88.2 cm³/mol. The third-order valence-electron chi connectivity index (χ3n) is 3.06. The first-order valence-electron chi connectivity index (χ1n) is 6.23. The number of nitrogens with one attached hydrogen (secondary N) is 1. The van der Waals surface area contributed by atoms with Gasteiger partial charge in [-0.15, -0.1) is 0 Å². The topological polar surface area (TPSA) is 50.9 Å². The van der Waals surface area contributed by atoms with Crippen molar-refractivity contribution in [3.8, 4) is 0 Å². The van der Waals surface area contributed by atoms with E-state index in [1.165, 1.54) is 15.8 Å². The molecule has 1 heterocycles. The summed E-state index contributed by atoms with van der Waals surface area (Å²) >= 11 is 7.79. The van der Waals surface area contributed by atoms with Gasteiger partial charge in [0.1, 0.15) is 0 Å². The average Bonchev–Trinajstić information content (AvgIpc) is 2.75. The summed E-state index contributed by atoms with van der Waals surface area (Å²) in [5.74, 6) is 0. The molecule has 20 heavy (non-hydrogen) atoms. The van der Waals surface area contributed by atoms with Gasteiger partial charge in [0.05, 0.1) is 20.9 Å². The summed E-state index contributed by atoms with van der Waals surface area (Å²) in [7, 11) is 0. The number of nitrogen functional groups attached to an aromatic ring is 1. The second kappa shape index (κ2) is 4.96. The zero-order valence-electron chi connectivity index (χ0n) is 11.2. The molecular formula is C15H14ClN3S. The lowest BCUT2D eigenvalue weighted by Gasteiger charge is -2.05. The largest absolute Gasteiger partial charge is 0.399 e. The van der Waals surface area contributed by atoms with Crippen LogP contribution in [0.1, 0.15) is 11.1 Å². The van der Waals surface area contributed by atoms with Crippen LogP contribution in [0.25, 0.3) is 10.2 Å². The van der Waals surface area contributed by atoms with Gasteiger partial charge in [0.25, 0.3) is 0 Å². The van der Waals surface area contributed by atoms with Gasteiger partial charge in [-0.25, -0.2) is 4.98 Å². The van der Waals surface area contributed by atoms with E-state index in [9.17, 15) is 0 Å². The Morgan fingerprint density at radius 3 is 2.75 bits per heavy atom. The molecule has 1 aromatic heterocycles. The van der Waals surface area contributed by atoms with Crippen LogP contribution in [-0.2, 0) is 0 Å². The van der Waals surface area contributed by atoms with E-state index >= 15 is 0 Å². The Labute approximate surface area is 126 Å². The summed E-state index contributed by atoms with van der Waals surface area (Å²) in [6.45, 7) is 4.17. The Balaban J connectivity index is 2.01. The molecule has 0 aliphatic rings. The fourth-order valence-corrected chi connectivity index (χ4v) is 3.46. The maximum absolute atomic E-state index is 6.17. The van der Waals surface area contributed by atoms with E-state index in [0.29, 0.717) is 10.7 Å². The first-order chi connectivity index (χ1) is 9.52. The molecule has 0 amide bonds. The van der Waals surface area contributed by atoms with Gasteiger partial charge in [0, 0.05) is 5.69 Å². The van der Waals surface area contributed by atoms with Crippen LogP contribution < -0.4 is 11.1 Å². The lowest BCUT2D eigenvalue weighted by atomic mass is 10.1. The molecule has 0 atom stereocenters. The van der Waals surface area contributed by atoms with E-state index in [2.05, 4.69) is 36.3 Å². The second-order valence-electron chi connectivity index (χ2n) is 4.81. The Morgan fingerprint density at radius 2 is 2.00 bits per heavy atom. The molecule has 3 rings (SSSR count). The van der Waals surface area contributed by atoms with Crippen molar-refractivity contribution in [3.63, 3.8) is 0 Å². The van der Waals surface area contributed by atoms with E-state index in [1.54, 1.807) is 17.4 Å². The molecule has 102 valence electrons. The molecular weight excluding hydrogens is 290 g/mol. The monoisotopic (exact) mass is 303 g/mol. The molecule has 0 saturated heterocycles. The molecule has 3 N–H and O–H groups in total. The number of aromatic nitrogens is 1. The number of rotatable bonds is 2. The van der Waals surface area contributed by atoms with Gasteiger partial charge >= 0.3 is 0 Å². The van der Waals surface area contributed by atoms with E-state index < -0.39 is 0 Å². The van der Waals surface area contributed by atoms with Crippen molar-refractivity contribution >= 4 is 49.7 Å². The Hall–Kier alpha value is -1.78. The smallest absolute Gasteiger partial charge is 0.188 e. The average molecular weight is 304 g/mol. The SMILES string of the molecule is Cc1cc(C)c2nc(Nc3ccc(N)cc3Cl)sc2c1. The lowest BCUT2D eigenvalue weighted by Crippen LogP contribution is -1.92. The second-order valence-corrected chi connectivity index (χ2v) is 6.25. The predicted octanol–water partition coefficient (Wildman–Crippen LogP) is 4.89. The summed E-state index contributed by atoms with van der Waals surface area (Å²) in [6, 6.07) is 9.70. The van der Waals surface area contributed by atoms with Crippen molar-refractivity contribution in [2.45, 2.75) is 13.8 Å². The number of nitrogens with zero attached hydrogens (tertiary/aromatic N) is 1. The fourth-order valence-electron chi connectivity index (χ4n) is 2.17. The van der Waals surface area contributed by atoms with Gasteiger partial charge in [0.15, 0.2) is 5.13 Å². The van der Waals surface area contributed by atoms with Crippen LogP contribution in [-0.4, -0.2) is 4.98 Å². The van der Waals surface area contributed by atoms with Gasteiger partial charge in [-0.3, -0.25) is 0 Å². The normalized spacial score (nSPS) is 10.9. The van der Waals surface area contributed by atoms with Crippen LogP contribution in [0, 0.1) is 13.8 Å². The molecule has 3 aromatic rings. The number of hydrogen-bond donors (Lipinski definition) is 2. The number of nitrogens with two attached hydrogens (primary N) is 1. The van der Waals surface area contributed by atoms with Gasteiger partial charge < -0.3 is 11.1 Å². The Kier molecular flexibility index (Phi) is 3.28. The van der Waals surface area contributed by atoms with Gasteiger partial charge in [0.2, 0.25) is 0 Å². The van der Waals surface area contributed by atoms with Gasteiger partial charge in [-0.1, -0.05) is 29.0 Å². The van der Waals surface area contributed by atoms with Crippen molar-refractivity contribution in [3.05, 3.63) is 46.5 Å². The number of anilines is 3. The summed E-state index contributed by atoms with van der Waals surface area (Å²) < 4.78 is 1.18. The van der Waals surface area contributed by atoms with Crippen molar-refractivity contribution < 1.29 is 0 Å². The number of benzene rings is 2.